The van der Waals surface area contributed by atoms with E-state index in [-0.39, 0.29) is 5.91 Å². The van der Waals surface area contributed by atoms with E-state index < -0.39 is 5.91 Å². The summed E-state index contributed by atoms with van der Waals surface area (Å²) in [6.07, 6.45) is 4.39. The molecule has 0 bridgehead atoms. The molecule has 1 aromatic heterocycles. The van der Waals surface area contributed by atoms with Crippen LogP contribution in [0.1, 0.15) is 49.6 Å². The van der Waals surface area contributed by atoms with Gasteiger partial charge in [0.1, 0.15) is 0 Å². The number of hydrogen-bond donors (Lipinski definition) is 2. The summed E-state index contributed by atoms with van der Waals surface area (Å²) < 4.78 is 0. The molecule has 0 atom stereocenters. The number of nitrogens with two attached hydrogens (primary N) is 1. The van der Waals surface area contributed by atoms with Crippen LogP contribution in [0, 0.1) is 6.92 Å². The van der Waals surface area contributed by atoms with Crippen molar-refractivity contribution in [2.75, 3.05) is 5.32 Å². The molecule has 3 N–H and O–H groups in total. The highest BCUT2D eigenvalue weighted by atomic mass is 32.1. The summed E-state index contributed by atoms with van der Waals surface area (Å²) in [5.74, 6) is -0.604. The summed E-state index contributed by atoms with van der Waals surface area (Å²) in [6.45, 7) is 1.89. The highest BCUT2D eigenvalue weighted by molar-refractivity contribution is 7.10. The second kappa shape index (κ2) is 5.93. The highest BCUT2D eigenvalue weighted by Gasteiger charge is 2.20. The Bertz CT molecular complexity index is 749. The first-order chi connectivity index (χ1) is 10.6. The quantitative estimate of drug-likeness (QED) is 0.912. The van der Waals surface area contributed by atoms with E-state index in [1.165, 1.54) is 16.9 Å². The van der Waals surface area contributed by atoms with Gasteiger partial charge >= 0.3 is 0 Å². The fraction of sp³-hybridized carbons (Fsp3) is 0.294. The van der Waals surface area contributed by atoms with Gasteiger partial charge in [0.2, 0.25) is 5.91 Å². The van der Waals surface area contributed by atoms with Crippen LogP contribution in [0.15, 0.2) is 23.6 Å². The average molecular weight is 314 g/mol. The van der Waals surface area contributed by atoms with Crippen molar-refractivity contribution >= 4 is 28.8 Å². The number of benzene rings is 1. The number of fused-ring (bicyclic) bond motifs is 1. The second-order valence-electron chi connectivity index (χ2n) is 5.61. The predicted molar refractivity (Wildman–Crippen MR) is 88.6 cm³/mol. The predicted octanol–water partition coefficient (Wildman–Crippen LogP) is 3.29. The van der Waals surface area contributed by atoms with Crippen LogP contribution in [0.25, 0.3) is 0 Å². The van der Waals surface area contributed by atoms with Crippen molar-refractivity contribution in [3.63, 3.8) is 0 Å². The number of primary amides is 1. The summed E-state index contributed by atoms with van der Waals surface area (Å²) >= 11 is 1.67. The van der Waals surface area contributed by atoms with E-state index in [2.05, 4.69) is 5.32 Å². The Morgan fingerprint density at radius 1 is 1.23 bits per heavy atom. The van der Waals surface area contributed by atoms with Crippen LogP contribution in [0.3, 0.4) is 0 Å². The molecule has 0 aliphatic heterocycles. The maximum Gasteiger partial charge on any atom is 0.256 e. The molecule has 114 valence electrons. The van der Waals surface area contributed by atoms with Gasteiger partial charge in [-0.1, -0.05) is 6.07 Å². The van der Waals surface area contributed by atoms with Gasteiger partial charge in [-0.2, -0.15) is 0 Å². The summed E-state index contributed by atoms with van der Waals surface area (Å²) in [4.78, 5) is 25.2. The number of amides is 2. The van der Waals surface area contributed by atoms with E-state index in [1.807, 2.05) is 12.3 Å². The highest BCUT2D eigenvalue weighted by Crippen LogP contribution is 2.31. The molecule has 1 aromatic carbocycles. The maximum absolute atomic E-state index is 12.6. The van der Waals surface area contributed by atoms with Crippen LogP contribution in [0.4, 0.5) is 5.69 Å². The van der Waals surface area contributed by atoms with Crippen LogP contribution in [0.5, 0.6) is 0 Å². The van der Waals surface area contributed by atoms with E-state index in [1.54, 1.807) is 29.5 Å². The number of thiophene rings is 1. The van der Waals surface area contributed by atoms with Gasteiger partial charge < -0.3 is 11.1 Å². The Labute approximate surface area is 133 Å². The van der Waals surface area contributed by atoms with Crippen molar-refractivity contribution in [3.05, 3.63) is 50.7 Å². The number of rotatable bonds is 3. The van der Waals surface area contributed by atoms with Crippen molar-refractivity contribution < 1.29 is 9.59 Å². The van der Waals surface area contributed by atoms with E-state index in [0.29, 0.717) is 11.3 Å². The fourth-order valence-corrected chi connectivity index (χ4v) is 3.91. The first-order valence-corrected chi connectivity index (χ1v) is 8.25. The number of carbonyl (C=O) groups is 2. The topological polar surface area (TPSA) is 72.2 Å². The SMILES string of the molecule is Cc1ccc(C(N)=O)cc1NC(=O)c1csc2c1CCCC2. The summed E-state index contributed by atoms with van der Waals surface area (Å²) in [7, 11) is 0. The van der Waals surface area contributed by atoms with Crippen LogP contribution >= 0.6 is 11.3 Å². The smallest absolute Gasteiger partial charge is 0.256 e. The summed E-state index contributed by atoms with van der Waals surface area (Å²) in [6, 6.07) is 5.09. The van der Waals surface area contributed by atoms with Gasteiger partial charge in [0.25, 0.3) is 5.91 Å². The molecule has 22 heavy (non-hydrogen) atoms. The van der Waals surface area contributed by atoms with Crippen molar-refractivity contribution in [2.45, 2.75) is 32.6 Å². The Kier molecular flexibility index (Phi) is 3.98. The Morgan fingerprint density at radius 3 is 2.77 bits per heavy atom. The lowest BCUT2D eigenvalue weighted by molar-refractivity contribution is 0.0996. The zero-order chi connectivity index (χ0) is 15.7. The van der Waals surface area contributed by atoms with Gasteiger partial charge in [0.15, 0.2) is 0 Å². The third-order valence-electron chi connectivity index (χ3n) is 4.08. The number of carbonyl (C=O) groups excluding carboxylic acids is 2. The summed E-state index contributed by atoms with van der Waals surface area (Å²) in [5.41, 5.74) is 9.20. The largest absolute Gasteiger partial charge is 0.366 e. The van der Waals surface area contributed by atoms with Crippen LogP contribution < -0.4 is 11.1 Å². The van der Waals surface area contributed by atoms with Crippen molar-refractivity contribution in [2.24, 2.45) is 5.73 Å². The standard InChI is InChI=1S/C17H18N2O2S/c1-10-6-7-11(16(18)20)8-14(10)19-17(21)13-9-22-15-5-3-2-4-12(13)15/h6-9H,2-5H2,1H3,(H2,18,20)(H,19,21). The molecule has 3 rings (SSSR count). The van der Waals surface area contributed by atoms with E-state index >= 15 is 0 Å². The Balaban J connectivity index is 1.87. The molecule has 1 aliphatic rings. The maximum atomic E-state index is 12.6. The van der Waals surface area contributed by atoms with E-state index in [9.17, 15) is 9.59 Å². The lowest BCUT2D eigenvalue weighted by Crippen LogP contribution is -2.16. The van der Waals surface area contributed by atoms with Crippen LogP contribution in [-0.4, -0.2) is 11.8 Å². The average Bonchev–Trinajstić information content (AvgIpc) is 2.93. The molecule has 1 heterocycles. The van der Waals surface area contributed by atoms with Gasteiger partial charge in [0.05, 0.1) is 5.56 Å². The molecular formula is C17H18N2O2S. The molecule has 0 radical (unpaired) electrons. The minimum Gasteiger partial charge on any atom is -0.366 e. The van der Waals surface area contributed by atoms with E-state index in [0.717, 1.165) is 30.4 Å². The van der Waals surface area contributed by atoms with Gasteiger partial charge in [-0.05, 0) is 55.9 Å². The minimum atomic E-state index is -0.497. The van der Waals surface area contributed by atoms with Gasteiger partial charge in [0, 0.05) is 21.5 Å². The lowest BCUT2D eigenvalue weighted by atomic mass is 9.95. The van der Waals surface area contributed by atoms with Crippen LogP contribution in [-0.2, 0) is 12.8 Å². The normalized spacial score (nSPS) is 13.5. The van der Waals surface area contributed by atoms with Crippen LogP contribution in [0.2, 0.25) is 0 Å². The molecule has 0 spiro atoms. The monoisotopic (exact) mass is 314 g/mol. The first kappa shape index (κ1) is 14.8. The molecule has 0 unspecified atom stereocenters. The second-order valence-corrected chi connectivity index (χ2v) is 6.57. The zero-order valence-electron chi connectivity index (χ0n) is 12.4. The van der Waals surface area contributed by atoms with E-state index in [4.69, 9.17) is 5.73 Å². The lowest BCUT2D eigenvalue weighted by Gasteiger charge is -2.13. The molecular weight excluding hydrogens is 296 g/mol. The third kappa shape index (κ3) is 2.76. The Hall–Kier alpha value is -2.14. The van der Waals surface area contributed by atoms with Crippen molar-refractivity contribution in [3.8, 4) is 0 Å². The Morgan fingerprint density at radius 2 is 2.00 bits per heavy atom. The molecule has 0 saturated carbocycles. The molecule has 0 saturated heterocycles. The first-order valence-electron chi connectivity index (χ1n) is 7.37. The van der Waals surface area contributed by atoms with Gasteiger partial charge in [-0.15, -0.1) is 11.3 Å². The number of hydrogen-bond acceptors (Lipinski definition) is 3. The van der Waals surface area contributed by atoms with Crippen molar-refractivity contribution in [1.29, 1.82) is 0 Å². The zero-order valence-corrected chi connectivity index (χ0v) is 13.3. The molecule has 1 aliphatic carbocycles. The number of anilines is 1. The number of aryl methyl sites for hydroxylation is 2. The van der Waals surface area contributed by atoms with Gasteiger partial charge in [-0.25, -0.2) is 0 Å². The molecule has 4 nitrogen and oxygen atoms in total. The van der Waals surface area contributed by atoms with Crippen molar-refractivity contribution in [1.82, 2.24) is 0 Å². The molecule has 2 amide bonds. The third-order valence-corrected chi connectivity index (χ3v) is 5.16. The molecule has 5 heteroatoms. The number of nitrogens with one attached hydrogen (secondary N) is 1. The fourth-order valence-electron chi connectivity index (χ4n) is 2.78. The summed E-state index contributed by atoms with van der Waals surface area (Å²) in [5, 5.41) is 4.86. The molecule has 2 aromatic rings. The van der Waals surface area contributed by atoms with Gasteiger partial charge in [-0.3, -0.25) is 9.59 Å². The minimum absolute atomic E-state index is 0.107. The molecule has 0 fully saturated rings.